The number of anilines is 3. The third-order valence-corrected chi connectivity index (χ3v) is 3.37. The van der Waals surface area contributed by atoms with E-state index in [1.54, 1.807) is 0 Å². The molecule has 0 amide bonds. The number of benzene rings is 1. The molecule has 2 aromatic rings. The molecule has 1 heterocycles. The Kier molecular flexibility index (Phi) is 3.86. The fourth-order valence-corrected chi connectivity index (χ4v) is 2.47. The maximum atomic E-state index is 5.96. The molecule has 7 heteroatoms. The first-order valence-corrected chi connectivity index (χ1v) is 6.53. The van der Waals surface area contributed by atoms with Gasteiger partial charge >= 0.3 is 0 Å². The lowest BCUT2D eigenvalue weighted by atomic mass is 10.3. The van der Waals surface area contributed by atoms with Crippen molar-refractivity contribution in [2.24, 2.45) is 0 Å². The SMILES string of the molecule is Nc1ncc(Cl)c(Nc2ccc(Br)cc2Br)n1. The van der Waals surface area contributed by atoms with Crippen LogP contribution in [0.4, 0.5) is 17.5 Å². The molecule has 0 bridgehead atoms. The number of nitrogens with zero attached hydrogens (tertiary/aromatic N) is 2. The Morgan fingerprint density at radius 1 is 1.29 bits per heavy atom. The van der Waals surface area contributed by atoms with E-state index in [0.29, 0.717) is 10.8 Å². The van der Waals surface area contributed by atoms with Gasteiger partial charge in [-0.05, 0) is 34.1 Å². The van der Waals surface area contributed by atoms with Crippen LogP contribution in [0, 0.1) is 0 Å². The predicted octanol–water partition coefficient (Wildman–Crippen LogP) is 3.98. The molecule has 4 nitrogen and oxygen atoms in total. The third kappa shape index (κ3) is 3.08. The van der Waals surface area contributed by atoms with Gasteiger partial charge in [-0.3, -0.25) is 0 Å². The van der Waals surface area contributed by atoms with Crippen molar-refractivity contribution in [1.82, 2.24) is 9.97 Å². The summed E-state index contributed by atoms with van der Waals surface area (Å²) in [5.41, 5.74) is 6.34. The van der Waals surface area contributed by atoms with Crippen LogP contribution in [0.3, 0.4) is 0 Å². The van der Waals surface area contributed by atoms with E-state index >= 15 is 0 Å². The number of nitrogens with two attached hydrogens (primary N) is 1. The van der Waals surface area contributed by atoms with Crippen LogP contribution in [0.15, 0.2) is 33.3 Å². The van der Waals surface area contributed by atoms with E-state index in [2.05, 4.69) is 47.1 Å². The molecule has 3 N–H and O–H groups in total. The zero-order chi connectivity index (χ0) is 12.4. The van der Waals surface area contributed by atoms with Crippen LogP contribution >= 0.6 is 43.5 Å². The molecule has 1 aromatic heterocycles. The summed E-state index contributed by atoms with van der Waals surface area (Å²) in [4.78, 5) is 7.82. The molecule has 0 unspecified atom stereocenters. The van der Waals surface area contributed by atoms with Gasteiger partial charge in [0.15, 0.2) is 5.82 Å². The van der Waals surface area contributed by atoms with E-state index in [4.69, 9.17) is 17.3 Å². The largest absolute Gasteiger partial charge is 0.368 e. The second-order valence-corrected chi connectivity index (χ2v) is 5.35. The smallest absolute Gasteiger partial charge is 0.222 e. The fraction of sp³-hybridized carbons (Fsp3) is 0. The van der Waals surface area contributed by atoms with E-state index in [-0.39, 0.29) is 5.95 Å². The van der Waals surface area contributed by atoms with Gasteiger partial charge in [-0.2, -0.15) is 4.98 Å². The van der Waals surface area contributed by atoms with Crippen molar-refractivity contribution >= 4 is 60.9 Å². The molecule has 88 valence electrons. The van der Waals surface area contributed by atoms with Crippen LogP contribution in [0.5, 0.6) is 0 Å². The molecule has 0 aliphatic carbocycles. The number of rotatable bonds is 2. The molecular formula is C10H7Br2ClN4. The highest BCUT2D eigenvalue weighted by Crippen LogP contribution is 2.30. The first-order valence-electron chi connectivity index (χ1n) is 4.56. The molecule has 0 aliphatic rings. The van der Waals surface area contributed by atoms with Gasteiger partial charge in [-0.25, -0.2) is 4.98 Å². The van der Waals surface area contributed by atoms with Crippen molar-refractivity contribution in [3.8, 4) is 0 Å². The van der Waals surface area contributed by atoms with Crippen LogP contribution in [0.2, 0.25) is 5.02 Å². The molecular weight excluding hydrogens is 371 g/mol. The van der Waals surface area contributed by atoms with Crippen LogP contribution < -0.4 is 11.1 Å². The summed E-state index contributed by atoms with van der Waals surface area (Å²) in [5, 5.41) is 3.49. The molecule has 0 radical (unpaired) electrons. The van der Waals surface area contributed by atoms with Crippen LogP contribution in [-0.4, -0.2) is 9.97 Å². The van der Waals surface area contributed by atoms with E-state index in [0.717, 1.165) is 14.6 Å². The number of nitrogen functional groups attached to an aromatic ring is 1. The fourth-order valence-electron chi connectivity index (χ4n) is 1.19. The summed E-state index contributed by atoms with van der Waals surface area (Å²) in [6.45, 7) is 0. The van der Waals surface area contributed by atoms with Gasteiger partial charge in [-0.15, -0.1) is 0 Å². The van der Waals surface area contributed by atoms with Crippen molar-refractivity contribution in [2.75, 3.05) is 11.1 Å². The monoisotopic (exact) mass is 376 g/mol. The molecule has 0 saturated heterocycles. The number of aromatic nitrogens is 2. The summed E-state index contributed by atoms with van der Waals surface area (Å²) in [5.74, 6) is 0.646. The Bertz CT molecular complexity index is 562. The van der Waals surface area contributed by atoms with E-state index in [9.17, 15) is 0 Å². The molecule has 0 aliphatic heterocycles. The molecule has 0 atom stereocenters. The van der Waals surface area contributed by atoms with Crippen molar-refractivity contribution in [3.63, 3.8) is 0 Å². The summed E-state index contributed by atoms with van der Waals surface area (Å²) in [6.07, 6.45) is 1.46. The summed E-state index contributed by atoms with van der Waals surface area (Å²) >= 11 is 12.8. The predicted molar refractivity (Wildman–Crippen MR) is 76.6 cm³/mol. The normalized spacial score (nSPS) is 10.3. The number of hydrogen-bond acceptors (Lipinski definition) is 4. The Balaban J connectivity index is 2.34. The van der Waals surface area contributed by atoms with Crippen molar-refractivity contribution in [1.29, 1.82) is 0 Å². The number of halogens is 3. The van der Waals surface area contributed by atoms with E-state index < -0.39 is 0 Å². The maximum Gasteiger partial charge on any atom is 0.222 e. The first-order chi connectivity index (χ1) is 8.06. The zero-order valence-electron chi connectivity index (χ0n) is 8.42. The average molecular weight is 378 g/mol. The third-order valence-electron chi connectivity index (χ3n) is 1.95. The van der Waals surface area contributed by atoms with Gasteiger partial charge in [0, 0.05) is 8.95 Å². The van der Waals surface area contributed by atoms with Gasteiger partial charge in [0.2, 0.25) is 5.95 Å². The van der Waals surface area contributed by atoms with Crippen LogP contribution in [0.1, 0.15) is 0 Å². The standard InChI is InChI=1S/C10H7Br2ClN4/c11-5-1-2-8(6(12)3-5)16-9-7(13)4-15-10(14)17-9/h1-4H,(H3,14,15,16,17). The molecule has 17 heavy (non-hydrogen) atoms. The van der Waals surface area contributed by atoms with Gasteiger partial charge < -0.3 is 11.1 Å². The summed E-state index contributed by atoms with van der Waals surface area (Å²) in [6, 6.07) is 5.72. The Hall–Kier alpha value is -0.850. The lowest BCUT2D eigenvalue weighted by Gasteiger charge is -2.09. The molecule has 1 aromatic carbocycles. The summed E-state index contributed by atoms with van der Waals surface area (Å²) in [7, 11) is 0. The lowest BCUT2D eigenvalue weighted by Crippen LogP contribution is -2.00. The van der Waals surface area contributed by atoms with Crippen molar-refractivity contribution < 1.29 is 0 Å². The average Bonchev–Trinajstić information content (AvgIpc) is 2.27. The topological polar surface area (TPSA) is 63.8 Å². The second-order valence-electron chi connectivity index (χ2n) is 3.17. The minimum atomic E-state index is 0.171. The highest BCUT2D eigenvalue weighted by molar-refractivity contribution is 9.11. The summed E-state index contributed by atoms with van der Waals surface area (Å²) < 4.78 is 1.86. The quantitative estimate of drug-likeness (QED) is 0.830. The minimum Gasteiger partial charge on any atom is -0.368 e. The molecule has 2 rings (SSSR count). The van der Waals surface area contributed by atoms with Gasteiger partial charge in [0.25, 0.3) is 0 Å². The Morgan fingerprint density at radius 2 is 2.06 bits per heavy atom. The first kappa shape index (κ1) is 12.6. The Labute approximate surface area is 120 Å². The molecule has 0 fully saturated rings. The second kappa shape index (κ2) is 5.20. The highest BCUT2D eigenvalue weighted by atomic mass is 79.9. The molecule has 0 saturated carbocycles. The number of nitrogens with one attached hydrogen (secondary N) is 1. The van der Waals surface area contributed by atoms with E-state index in [1.165, 1.54) is 6.20 Å². The van der Waals surface area contributed by atoms with Gasteiger partial charge in [0.1, 0.15) is 5.02 Å². The van der Waals surface area contributed by atoms with Crippen molar-refractivity contribution in [3.05, 3.63) is 38.4 Å². The Morgan fingerprint density at radius 3 is 2.76 bits per heavy atom. The van der Waals surface area contributed by atoms with E-state index in [1.807, 2.05) is 18.2 Å². The van der Waals surface area contributed by atoms with Crippen LogP contribution in [0.25, 0.3) is 0 Å². The zero-order valence-corrected chi connectivity index (χ0v) is 12.3. The number of hydrogen-bond donors (Lipinski definition) is 2. The minimum absolute atomic E-state index is 0.171. The lowest BCUT2D eigenvalue weighted by molar-refractivity contribution is 1.18. The van der Waals surface area contributed by atoms with Gasteiger partial charge in [-0.1, -0.05) is 27.5 Å². The molecule has 0 spiro atoms. The van der Waals surface area contributed by atoms with Crippen molar-refractivity contribution in [2.45, 2.75) is 0 Å². The highest BCUT2D eigenvalue weighted by Gasteiger charge is 2.06. The maximum absolute atomic E-state index is 5.96. The van der Waals surface area contributed by atoms with Gasteiger partial charge in [0.05, 0.1) is 11.9 Å². The van der Waals surface area contributed by atoms with Crippen LogP contribution in [-0.2, 0) is 0 Å².